The van der Waals surface area contributed by atoms with Crippen LogP contribution in [0.15, 0.2) is 53.8 Å². The van der Waals surface area contributed by atoms with Gasteiger partial charge in [0.15, 0.2) is 23.0 Å². The van der Waals surface area contributed by atoms with E-state index in [0.29, 0.717) is 30.2 Å². The first kappa shape index (κ1) is 21.1. The molecule has 1 aliphatic carbocycles. The van der Waals surface area contributed by atoms with Gasteiger partial charge in [-0.05, 0) is 61.6 Å². The summed E-state index contributed by atoms with van der Waals surface area (Å²) in [6.07, 6.45) is 3.47. The van der Waals surface area contributed by atoms with Crippen LogP contribution in [-0.2, 0) is 20.9 Å². The van der Waals surface area contributed by atoms with Crippen molar-refractivity contribution in [1.29, 1.82) is 0 Å². The molecule has 6 rings (SSSR count). The van der Waals surface area contributed by atoms with Gasteiger partial charge in [-0.3, -0.25) is 9.59 Å². The summed E-state index contributed by atoms with van der Waals surface area (Å²) in [7, 11) is 0. The lowest BCUT2D eigenvalue weighted by Gasteiger charge is -2.35. The van der Waals surface area contributed by atoms with E-state index < -0.39 is 6.04 Å². The van der Waals surface area contributed by atoms with Gasteiger partial charge in [-0.25, -0.2) is 0 Å². The number of ether oxygens (including phenoxy) is 4. The first-order chi connectivity index (χ1) is 16.6. The number of carbonyl (C=O) groups excluding carboxylic acids is 2. The second-order valence-electron chi connectivity index (χ2n) is 9.18. The molecule has 0 spiro atoms. The zero-order valence-electron chi connectivity index (χ0n) is 19.1. The summed E-state index contributed by atoms with van der Waals surface area (Å²) in [5.74, 6) is 2.00. The molecule has 0 N–H and O–H groups in total. The van der Waals surface area contributed by atoms with Gasteiger partial charge in [-0.15, -0.1) is 0 Å². The minimum atomic E-state index is -0.501. The molecule has 0 bridgehead atoms. The minimum absolute atomic E-state index is 0.0615. The quantitative estimate of drug-likeness (QED) is 0.661. The molecular formula is C27H27NO6. The van der Waals surface area contributed by atoms with Gasteiger partial charge in [0.05, 0.1) is 24.1 Å². The van der Waals surface area contributed by atoms with Crippen LogP contribution in [0.25, 0.3) is 0 Å². The van der Waals surface area contributed by atoms with Crippen molar-refractivity contribution in [3.8, 4) is 17.2 Å². The van der Waals surface area contributed by atoms with E-state index in [0.717, 1.165) is 42.6 Å². The van der Waals surface area contributed by atoms with Crippen molar-refractivity contribution < 1.29 is 28.5 Å². The lowest BCUT2D eigenvalue weighted by molar-refractivity contribution is -0.135. The first-order valence-electron chi connectivity index (χ1n) is 12.0. The zero-order valence-corrected chi connectivity index (χ0v) is 19.1. The molecule has 1 fully saturated rings. The fourth-order valence-electron chi connectivity index (χ4n) is 5.55. The third kappa shape index (κ3) is 3.42. The first-order valence-corrected chi connectivity index (χ1v) is 12.0. The smallest absolute Gasteiger partial charge is 0.290 e. The Bertz CT molecular complexity index is 1170. The van der Waals surface area contributed by atoms with Crippen molar-refractivity contribution in [3.05, 3.63) is 64.9 Å². The third-order valence-corrected chi connectivity index (χ3v) is 7.16. The monoisotopic (exact) mass is 461 g/mol. The molecule has 0 radical (unpaired) electrons. The molecule has 1 amide bonds. The molecule has 0 saturated heterocycles. The molecule has 3 aliphatic heterocycles. The number of ketones is 1. The van der Waals surface area contributed by atoms with Gasteiger partial charge in [0.1, 0.15) is 11.9 Å². The van der Waals surface area contributed by atoms with E-state index in [4.69, 9.17) is 18.9 Å². The number of hydrogen-bond donors (Lipinski definition) is 0. The highest BCUT2D eigenvalue weighted by Gasteiger charge is 2.51. The standard InChI is InChI=1S/C27H27NO6/c1-2-31-18-10-8-17(9-11-18)24-23-25(29)19-5-3-4-6-20(19)34-26(23)27(30)28(24)14-16-7-12-21-22(13-16)33-15-32-21/h7-13,19-20,24H,2-6,14-15H2,1H3. The van der Waals surface area contributed by atoms with Gasteiger partial charge in [0, 0.05) is 6.54 Å². The van der Waals surface area contributed by atoms with Gasteiger partial charge in [-0.2, -0.15) is 0 Å². The van der Waals surface area contributed by atoms with Gasteiger partial charge < -0.3 is 23.8 Å². The number of carbonyl (C=O) groups is 2. The molecule has 3 heterocycles. The molecule has 0 aromatic heterocycles. The Kier molecular flexibility index (Phi) is 5.20. The number of benzene rings is 2. The largest absolute Gasteiger partial charge is 0.494 e. The van der Waals surface area contributed by atoms with Gasteiger partial charge >= 0.3 is 0 Å². The molecule has 176 valence electrons. The number of amides is 1. The third-order valence-electron chi connectivity index (χ3n) is 7.16. The number of fused-ring (bicyclic) bond motifs is 2. The predicted molar refractivity (Wildman–Crippen MR) is 122 cm³/mol. The summed E-state index contributed by atoms with van der Waals surface area (Å²) in [4.78, 5) is 29.1. The van der Waals surface area contributed by atoms with Crippen LogP contribution in [-0.4, -0.2) is 36.1 Å². The Morgan fingerprint density at radius 2 is 1.79 bits per heavy atom. The van der Waals surface area contributed by atoms with Crippen LogP contribution in [0.1, 0.15) is 49.8 Å². The van der Waals surface area contributed by atoms with E-state index in [9.17, 15) is 9.59 Å². The Morgan fingerprint density at radius 1 is 1.00 bits per heavy atom. The molecule has 3 atom stereocenters. The summed E-state index contributed by atoms with van der Waals surface area (Å²) < 4.78 is 22.8. The molecule has 4 aliphatic rings. The molecule has 2 aromatic carbocycles. The van der Waals surface area contributed by atoms with Gasteiger partial charge in [0.2, 0.25) is 6.79 Å². The highest BCUT2D eigenvalue weighted by molar-refractivity contribution is 6.11. The van der Waals surface area contributed by atoms with E-state index in [-0.39, 0.29) is 36.3 Å². The maximum Gasteiger partial charge on any atom is 0.290 e. The SMILES string of the molecule is CCOc1ccc(C2C3=C(OC4CCCCC4C3=O)C(=O)N2Cc2ccc3c(c2)OCO3)cc1. The van der Waals surface area contributed by atoms with Crippen LogP contribution in [0.2, 0.25) is 0 Å². The number of hydrogen-bond acceptors (Lipinski definition) is 6. The lowest BCUT2D eigenvalue weighted by Crippen LogP contribution is -2.39. The molecule has 1 saturated carbocycles. The number of rotatable bonds is 5. The maximum atomic E-state index is 13.7. The summed E-state index contributed by atoms with van der Waals surface area (Å²) in [6.45, 7) is 3.03. The second kappa shape index (κ2) is 8.38. The van der Waals surface area contributed by atoms with E-state index in [1.54, 1.807) is 4.90 Å². The topological polar surface area (TPSA) is 74.3 Å². The number of nitrogens with zero attached hydrogens (tertiary/aromatic N) is 1. The average molecular weight is 462 g/mol. The molecule has 34 heavy (non-hydrogen) atoms. The zero-order chi connectivity index (χ0) is 23.2. The lowest BCUT2D eigenvalue weighted by atomic mass is 9.77. The Hall–Kier alpha value is -3.48. The van der Waals surface area contributed by atoms with Crippen molar-refractivity contribution >= 4 is 11.7 Å². The van der Waals surface area contributed by atoms with Crippen molar-refractivity contribution in [3.63, 3.8) is 0 Å². The summed E-state index contributed by atoms with van der Waals surface area (Å²) in [6, 6.07) is 12.8. The summed E-state index contributed by atoms with van der Waals surface area (Å²) in [5.41, 5.74) is 2.27. The molecule has 3 unspecified atom stereocenters. The Morgan fingerprint density at radius 3 is 2.62 bits per heavy atom. The number of Topliss-reactive ketones (excluding diaryl/α,β-unsaturated/α-hetero) is 1. The fraction of sp³-hybridized carbons (Fsp3) is 0.407. The van der Waals surface area contributed by atoms with Crippen molar-refractivity contribution in [1.82, 2.24) is 4.90 Å². The summed E-state index contributed by atoms with van der Waals surface area (Å²) >= 11 is 0. The maximum absolute atomic E-state index is 13.7. The molecular weight excluding hydrogens is 434 g/mol. The minimum Gasteiger partial charge on any atom is -0.494 e. The Labute approximate surface area is 198 Å². The van der Waals surface area contributed by atoms with Crippen LogP contribution < -0.4 is 14.2 Å². The van der Waals surface area contributed by atoms with Gasteiger partial charge in [-0.1, -0.05) is 24.6 Å². The van der Waals surface area contributed by atoms with E-state index in [1.165, 1.54) is 0 Å². The fourth-order valence-corrected chi connectivity index (χ4v) is 5.55. The van der Waals surface area contributed by atoms with E-state index >= 15 is 0 Å². The Balaban J connectivity index is 1.39. The highest BCUT2D eigenvalue weighted by Crippen LogP contribution is 2.47. The highest BCUT2D eigenvalue weighted by atomic mass is 16.7. The van der Waals surface area contributed by atoms with Crippen LogP contribution in [0, 0.1) is 5.92 Å². The molecule has 7 heteroatoms. The van der Waals surface area contributed by atoms with Crippen LogP contribution >= 0.6 is 0 Å². The van der Waals surface area contributed by atoms with E-state index in [2.05, 4.69) is 0 Å². The van der Waals surface area contributed by atoms with Gasteiger partial charge in [0.25, 0.3) is 5.91 Å². The van der Waals surface area contributed by atoms with Crippen molar-refractivity contribution in [2.75, 3.05) is 13.4 Å². The van der Waals surface area contributed by atoms with Crippen LogP contribution in [0.4, 0.5) is 0 Å². The average Bonchev–Trinajstić information content (AvgIpc) is 3.43. The normalized spacial score (nSPS) is 25.2. The van der Waals surface area contributed by atoms with Crippen molar-refractivity contribution in [2.24, 2.45) is 5.92 Å². The summed E-state index contributed by atoms with van der Waals surface area (Å²) in [5, 5.41) is 0. The second-order valence-corrected chi connectivity index (χ2v) is 9.18. The van der Waals surface area contributed by atoms with E-state index in [1.807, 2.05) is 49.4 Å². The van der Waals surface area contributed by atoms with Crippen LogP contribution in [0.5, 0.6) is 17.2 Å². The van der Waals surface area contributed by atoms with Crippen LogP contribution in [0.3, 0.4) is 0 Å². The molecule has 2 aromatic rings. The predicted octanol–water partition coefficient (Wildman–Crippen LogP) is 4.31. The molecule has 7 nitrogen and oxygen atoms in total. The van der Waals surface area contributed by atoms with Crippen molar-refractivity contribution in [2.45, 2.75) is 51.3 Å².